The maximum atomic E-state index is 12.6. The molecule has 2 aromatic carbocycles. The van der Waals surface area contributed by atoms with E-state index < -0.39 is 0 Å². The first-order chi connectivity index (χ1) is 12.6. The summed E-state index contributed by atoms with van der Waals surface area (Å²) < 4.78 is 5.61. The molecule has 0 bridgehead atoms. The number of anilines is 1. The number of aryl methyl sites for hydroxylation is 1. The van der Waals surface area contributed by atoms with Crippen LogP contribution in [0.25, 0.3) is 0 Å². The monoisotopic (exact) mass is 371 g/mol. The van der Waals surface area contributed by atoms with Crippen molar-refractivity contribution in [1.82, 2.24) is 5.32 Å². The fourth-order valence-corrected chi connectivity index (χ4v) is 2.95. The first-order valence-corrected chi connectivity index (χ1v) is 9.04. The molecule has 1 saturated heterocycles. The Balaban J connectivity index is 1.75. The van der Waals surface area contributed by atoms with Gasteiger partial charge in [0.2, 0.25) is 5.96 Å². The zero-order chi connectivity index (χ0) is 18.4. The molecule has 1 fully saturated rings. The van der Waals surface area contributed by atoms with Gasteiger partial charge < -0.3 is 10.1 Å². The van der Waals surface area contributed by atoms with Gasteiger partial charge in [0.1, 0.15) is 0 Å². The highest BCUT2D eigenvalue weighted by Gasteiger charge is 2.16. The molecule has 1 amide bonds. The van der Waals surface area contributed by atoms with Crippen molar-refractivity contribution in [2.45, 2.75) is 25.9 Å². The van der Waals surface area contributed by atoms with E-state index in [-0.39, 0.29) is 12.0 Å². The molecule has 0 aromatic heterocycles. The van der Waals surface area contributed by atoms with Crippen LogP contribution in [0.4, 0.5) is 5.69 Å². The Bertz CT molecular complexity index is 801. The molecule has 0 aliphatic carbocycles. The Morgan fingerprint density at radius 3 is 2.85 bits per heavy atom. The summed E-state index contributed by atoms with van der Waals surface area (Å²) in [6.45, 7) is 3.22. The molecule has 1 atom stereocenters. The van der Waals surface area contributed by atoms with Crippen LogP contribution >= 0.6 is 11.6 Å². The predicted molar refractivity (Wildman–Crippen MR) is 105 cm³/mol. The summed E-state index contributed by atoms with van der Waals surface area (Å²) in [6, 6.07) is 14.7. The zero-order valence-corrected chi connectivity index (χ0v) is 15.4. The average molecular weight is 372 g/mol. The Kier molecular flexibility index (Phi) is 6.26. The number of carbonyl (C=O) groups excluding carboxylic acids is 1. The summed E-state index contributed by atoms with van der Waals surface area (Å²) in [4.78, 5) is 17.1. The number of carbonyl (C=O) groups is 1. The lowest BCUT2D eigenvalue weighted by atomic mass is 10.1. The number of hydrogen-bond donors (Lipinski definition) is 2. The Morgan fingerprint density at radius 1 is 1.27 bits per heavy atom. The van der Waals surface area contributed by atoms with E-state index in [4.69, 9.17) is 16.3 Å². The van der Waals surface area contributed by atoms with E-state index >= 15 is 0 Å². The molecule has 3 rings (SSSR count). The maximum Gasteiger partial charge on any atom is 0.257 e. The third-order valence-corrected chi connectivity index (χ3v) is 4.31. The summed E-state index contributed by atoms with van der Waals surface area (Å²) in [7, 11) is 0. The lowest BCUT2D eigenvalue weighted by Gasteiger charge is -2.14. The van der Waals surface area contributed by atoms with Crippen molar-refractivity contribution in [2.75, 3.05) is 18.5 Å². The number of ether oxygens (including phenoxy) is 1. The maximum absolute atomic E-state index is 12.6. The fourth-order valence-electron chi connectivity index (χ4n) is 2.76. The van der Waals surface area contributed by atoms with Gasteiger partial charge in [-0.05, 0) is 50.1 Å². The second-order valence-corrected chi connectivity index (χ2v) is 6.72. The molecular weight excluding hydrogens is 350 g/mol. The van der Waals surface area contributed by atoms with Gasteiger partial charge in [-0.1, -0.05) is 35.4 Å². The van der Waals surface area contributed by atoms with Gasteiger partial charge in [-0.3, -0.25) is 10.1 Å². The van der Waals surface area contributed by atoms with Crippen LogP contribution in [0.3, 0.4) is 0 Å². The van der Waals surface area contributed by atoms with E-state index in [1.165, 1.54) is 0 Å². The van der Waals surface area contributed by atoms with Crippen molar-refractivity contribution in [3.8, 4) is 0 Å². The van der Waals surface area contributed by atoms with Crippen molar-refractivity contribution in [2.24, 2.45) is 4.99 Å². The second kappa shape index (κ2) is 8.83. The first kappa shape index (κ1) is 18.4. The van der Waals surface area contributed by atoms with Gasteiger partial charge in [-0.25, -0.2) is 4.99 Å². The van der Waals surface area contributed by atoms with Crippen molar-refractivity contribution < 1.29 is 9.53 Å². The van der Waals surface area contributed by atoms with E-state index in [9.17, 15) is 4.79 Å². The molecule has 136 valence electrons. The fraction of sp³-hybridized carbons (Fsp3) is 0.300. The Morgan fingerprint density at radius 2 is 2.12 bits per heavy atom. The molecule has 1 heterocycles. The van der Waals surface area contributed by atoms with Gasteiger partial charge >= 0.3 is 0 Å². The summed E-state index contributed by atoms with van der Waals surface area (Å²) in [6.07, 6.45) is 2.13. The normalized spacial score (nSPS) is 17.2. The lowest BCUT2D eigenvalue weighted by molar-refractivity contribution is 0.0975. The molecule has 2 N–H and O–H groups in total. The molecular formula is C20H22ClN3O2. The minimum absolute atomic E-state index is 0.0991. The largest absolute Gasteiger partial charge is 0.376 e. The number of guanidine groups is 1. The van der Waals surface area contributed by atoms with Crippen LogP contribution in [0.15, 0.2) is 53.5 Å². The van der Waals surface area contributed by atoms with Gasteiger partial charge in [0.15, 0.2) is 0 Å². The van der Waals surface area contributed by atoms with Crippen molar-refractivity contribution >= 4 is 29.2 Å². The van der Waals surface area contributed by atoms with Crippen molar-refractivity contribution in [1.29, 1.82) is 0 Å². The Hall–Kier alpha value is -2.37. The second-order valence-electron chi connectivity index (χ2n) is 6.28. The number of aliphatic imine (C=N–C) groups is 1. The Labute approximate surface area is 158 Å². The summed E-state index contributed by atoms with van der Waals surface area (Å²) in [5.41, 5.74) is 2.37. The van der Waals surface area contributed by atoms with Crippen LogP contribution in [-0.4, -0.2) is 31.1 Å². The number of hydrogen-bond acceptors (Lipinski definition) is 3. The highest BCUT2D eigenvalue weighted by Crippen LogP contribution is 2.15. The lowest BCUT2D eigenvalue weighted by Crippen LogP contribution is -2.36. The standard InChI is InChI=1S/C20H22ClN3O2/c1-14-5-2-6-15(11-14)19(25)24-20(22-13-18-9-4-10-26-18)23-17-8-3-7-16(21)12-17/h2-3,5-8,11-12,18H,4,9-10,13H2,1H3,(H2,22,23,24,25). The van der Waals surface area contributed by atoms with E-state index in [1.807, 2.05) is 37.3 Å². The molecule has 5 nitrogen and oxygen atoms in total. The van der Waals surface area contributed by atoms with E-state index in [2.05, 4.69) is 15.6 Å². The molecule has 6 heteroatoms. The highest BCUT2D eigenvalue weighted by atomic mass is 35.5. The van der Waals surface area contributed by atoms with E-state index in [0.29, 0.717) is 23.1 Å². The van der Waals surface area contributed by atoms with Gasteiger partial charge in [0, 0.05) is 22.9 Å². The first-order valence-electron chi connectivity index (χ1n) is 8.67. The van der Waals surface area contributed by atoms with Crippen LogP contribution in [0.1, 0.15) is 28.8 Å². The number of halogens is 1. The van der Waals surface area contributed by atoms with Crippen LogP contribution in [-0.2, 0) is 4.74 Å². The molecule has 26 heavy (non-hydrogen) atoms. The topological polar surface area (TPSA) is 62.7 Å². The highest BCUT2D eigenvalue weighted by molar-refractivity contribution is 6.31. The third-order valence-electron chi connectivity index (χ3n) is 4.08. The number of nitrogens with zero attached hydrogens (tertiary/aromatic N) is 1. The molecule has 1 aliphatic rings. The molecule has 0 spiro atoms. The average Bonchev–Trinajstić information content (AvgIpc) is 3.13. The molecule has 2 aromatic rings. The zero-order valence-electron chi connectivity index (χ0n) is 14.7. The van der Waals surface area contributed by atoms with Crippen LogP contribution < -0.4 is 10.6 Å². The van der Waals surface area contributed by atoms with Gasteiger partial charge in [0.05, 0.1) is 12.6 Å². The van der Waals surface area contributed by atoms with Crippen molar-refractivity contribution in [3.05, 3.63) is 64.7 Å². The summed E-state index contributed by atoms with van der Waals surface area (Å²) in [5, 5.41) is 6.60. The molecule has 0 radical (unpaired) electrons. The molecule has 0 saturated carbocycles. The summed E-state index contributed by atoms with van der Waals surface area (Å²) in [5.74, 6) is 0.170. The number of amides is 1. The van der Waals surface area contributed by atoms with E-state index in [1.54, 1.807) is 18.2 Å². The minimum atomic E-state index is -0.214. The van der Waals surface area contributed by atoms with Crippen LogP contribution in [0.2, 0.25) is 5.02 Å². The van der Waals surface area contributed by atoms with Gasteiger partial charge in [-0.15, -0.1) is 0 Å². The SMILES string of the molecule is Cc1cccc(C(=O)NC(=NCC2CCCO2)Nc2cccc(Cl)c2)c1. The predicted octanol–water partition coefficient (Wildman–Crippen LogP) is 4.03. The molecule has 1 aliphatic heterocycles. The van der Waals surface area contributed by atoms with Crippen LogP contribution in [0.5, 0.6) is 0 Å². The quantitative estimate of drug-likeness (QED) is 0.630. The van der Waals surface area contributed by atoms with Gasteiger partial charge in [-0.2, -0.15) is 0 Å². The van der Waals surface area contributed by atoms with Crippen LogP contribution in [0, 0.1) is 6.92 Å². The number of benzene rings is 2. The van der Waals surface area contributed by atoms with E-state index in [0.717, 1.165) is 30.7 Å². The third kappa shape index (κ3) is 5.31. The molecule has 1 unspecified atom stereocenters. The minimum Gasteiger partial charge on any atom is -0.376 e. The number of nitrogens with one attached hydrogen (secondary N) is 2. The number of rotatable bonds is 4. The van der Waals surface area contributed by atoms with Crippen molar-refractivity contribution in [3.63, 3.8) is 0 Å². The smallest absolute Gasteiger partial charge is 0.257 e. The van der Waals surface area contributed by atoms with Gasteiger partial charge in [0.25, 0.3) is 5.91 Å². The summed E-state index contributed by atoms with van der Waals surface area (Å²) >= 11 is 6.04.